The molecule has 196 valence electrons. The molecule has 11 heteroatoms. The molecule has 1 unspecified atom stereocenters. The number of benzene rings is 1. The number of aliphatic hydroxyl groups is 5. The monoisotopic (exact) mass is 498 g/mol. The third kappa shape index (κ3) is 5.92. The summed E-state index contributed by atoms with van der Waals surface area (Å²) in [6.45, 7) is 3.39. The van der Waals surface area contributed by atoms with E-state index < -0.39 is 74.3 Å². The van der Waals surface area contributed by atoms with Crippen LogP contribution in [0, 0.1) is 0 Å². The largest absolute Gasteiger partial charge is 0.394 e. The molecule has 0 bridgehead atoms. The number of unbranched alkanes of at least 4 members (excludes halogenated alkanes) is 1. The van der Waals surface area contributed by atoms with E-state index in [2.05, 4.69) is 6.58 Å². The van der Waals surface area contributed by atoms with E-state index in [1.54, 1.807) is 6.08 Å². The van der Waals surface area contributed by atoms with Crippen LogP contribution in [0.3, 0.4) is 0 Å². The van der Waals surface area contributed by atoms with Crippen LogP contribution in [-0.2, 0) is 28.4 Å². The van der Waals surface area contributed by atoms with Gasteiger partial charge in [-0.25, -0.2) is 0 Å². The Morgan fingerprint density at radius 2 is 1.69 bits per heavy atom. The van der Waals surface area contributed by atoms with Crippen LogP contribution in [0.5, 0.6) is 0 Å². The Labute approximate surface area is 203 Å². The molecule has 4 rings (SSSR count). The van der Waals surface area contributed by atoms with Crippen molar-refractivity contribution < 1.29 is 54.0 Å². The smallest absolute Gasteiger partial charge is 0.187 e. The molecule has 0 aromatic heterocycles. The van der Waals surface area contributed by atoms with Crippen molar-refractivity contribution in [2.75, 3.05) is 19.8 Å². The van der Waals surface area contributed by atoms with Crippen LogP contribution in [-0.4, -0.2) is 107 Å². The van der Waals surface area contributed by atoms with Gasteiger partial charge in [0.25, 0.3) is 0 Å². The van der Waals surface area contributed by atoms with E-state index >= 15 is 0 Å². The summed E-state index contributed by atoms with van der Waals surface area (Å²) in [5.41, 5.74) is 0.759. The van der Waals surface area contributed by atoms with Crippen LogP contribution < -0.4 is 0 Å². The molecule has 3 aliphatic rings. The Balaban J connectivity index is 1.38. The topological polar surface area (TPSA) is 157 Å². The molecule has 3 saturated heterocycles. The fourth-order valence-corrected chi connectivity index (χ4v) is 4.41. The maximum absolute atomic E-state index is 10.8. The van der Waals surface area contributed by atoms with Crippen molar-refractivity contribution in [1.29, 1.82) is 0 Å². The summed E-state index contributed by atoms with van der Waals surface area (Å²) in [5.74, 6) is 0. The molecule has 5 N–H and O–H groups in total. The highest BCUT2D eigenvalue weighted by Crippen LogP contribution is 2.36. The van der Waals surface area contributed by atoms with Crippen LogP contribution >= 0.6 is 0 Å². The predicted molar refractivity (Wildman–Crippen MR) is 119 cm³/mol. The Bertz CT molecular complexity index is 791. The average molecular weight is 499 g/mol. The lowest BCUT2D eigenvalue weighted by molar-refractivity contribution is -0.385. The van der Waals surface area contributed by atoms with E-state index in [-0.39, 0.29) is 13.2 Å². The summed E-state index contributed by atoms with van der Waals surface area (Å²) >= 11 is 0. The van der Waals surface area contributed by atoms with Gasteiger partial charge in [-0.1, -0.05) is 36.4 Å². The van der Waals surface area contributed by atoms with Gasteiger partial charge >= 0.3 is 0 Å². The van der Waals surface area contributed by atoms with Crippen molar-refractivity contribution in [2.24, 2.45) is 0 Å². The zero-order valence-corrected chi connectivity index (χ0v) is 19.2. The first-order chi connectivity index (χ1) is 16.9. The van der Waals surface area contributed by atoms with Crippen molar-refractivity contribution in [2.45, 2.75) is 80.5 Å². The summed E-state index contributed by atoms with van der Waals surface area (Å²) in [6.07, 6.45) is -10.1. The molecular formula is C24H34O11. The van der Waals surface area contributed by atoms with Crippen molar-refractivity contribution in [3.63, 3.8) is 0 Å². The molecule has 3 fully saturated rings. The number of hydrogen-bond donors (Lipinski definition) is 5. The maximum atomic E-state index is 10.8. The first-order valence-corrected chi connectivity index (χ1v) is 11.8. The van der Waals surface area contributed by atoms with Gasteiger partial charge in [0.2, 0.25) is 0 Å². The van der Waals surface area contributed by atoms with Gasteiger partial charge in [0.15, 0.2) is 18.9 Å². The highest BCUT2D eigenvalue weighted by molar-refractivity contribution is 5.16. The molecular weight excluding hydrogens is 464 g/mol. The molecule has 11 atom stereocenters. The number of rotatable bonds is 9. The third-order valence-electron chi connectivity index (χ3n) is 6.35. The highest BCUT2D eigenvalue weighted by atomic mass is 16.8. The SMILES string of the molecule is C=CCCCO[C@H]1O[C@@H](CO)[C@H](O[C@@H]2O[C@@H]3COC(c4ccccc4)O[C@@H]3[C@H](O)[C@H]2O)[C@@H](O)[C@@H]1O. The molecule has 1 aromatic carbocycles. The van der Waals surface area contributed by atoms with E-state index in [0.717, 1.165) is 5.56 Å². The van der Waals surface area contributed by atoms with Crippen molar-refractivity contribution in [3.05, 3.63) is 48.6 Å². The third-order valence-corrected chi connectivity index (χ3v) is 6.35. The van der Waals surface area contributed by atoms with Crippen molar-refractivity contribution in [3.8, 4) is 0 Å². The Hall–Kier alpha value is -1.48. The highest BCUT2D eigenvalue weighted by Gasteiger charge is 2.53. The second kappa shape index (κ2) is 12.2. The van der Waals surface area contributed by atoms with E-state index in [1.165, 1.54) is 0 Å². The first-order valence-electron chi connectivity index (χ1n) is 11.8. The van der Waals surface area contributed by atoms with Gasteiger partial charge in [-0.15, -0.1) is 6.58 Å². The summed E-state index contributed by atoms with van der Waals surface area (Å²) in [4.78, 5) is 0. The minimum absolute atomic E-state index is 0.0598. The zero-order chi connectivity index (χ0) is 24.9. The number of allylic oxidation sites excluding steroid dienone is 1. The van der Waals surface area contributed by atoms with Crippen molar-refractivity contribution in [1.82, 2.24) is 0 Å². The van der Waals surface area contributed by atoms with Crippen molar-refractivity contribution >= 4 is 0 Å². The van der Waals surface area contributed by atoms with Crippen LogP contribution in [0.15, 0.2) is 43.0 Å². The number of hydrogen-bond acceptors (Lipinski definition) is 11. The first kappa shape index (κ1) is 26.6. The van der Waals surface area contributed by atoms with Gasteiger partial charge in [0, 0.05) is 5.56 Å². The van der Waals surface area contributed by atoms with Gasteiger partial charge in [-0.3, -0.25) is 0 Å². The number of aliphatic hydroxyl groups excluding tert-OH is 5. The predicted octanol–water partition coefficient (Wildman–Crippen LogP) is -0.646. The van der Waals surface area contributed by atoms with Crippen LogP contribution in [0.1, 0.15) is 24.7 Å². The van der Waals surface area contributed by atoms with E-state index in [9.17, 15) is 25.5 Å². The maximum Gasteiger partial charge on any atom is 0.187 e. The minimum Gasteiger partial charge on any atom is -0.394 e. The molecule has 3 heterocycles. The minimum atomic E-state index is -1.54. The average Bonchev–Trinajstić information content (AvgIpc) is 2.89. The molecule has 3 aliphatic heterocycles. The van der Waals surface area contributed by atoms with E-state index in [4.69, 9.17) is 28.4 Å². The summed E-state index contributed by atoms with van der Waals surface area (Å²) in [5, 5.41) is 52.4. The fraction of sp³-hybridized carbons (Fsp3) is 0.667. The second-order valence-corrected chi connectivity index (χ2v) is 8.81. The van der Waals surface area contributed by atoms with Crippen LogP contribution in [0.25, 0.3) is 0 Å². The molecule has 0 saturated carbocycles. The Morgan fingerprint density at radius 1 is 0.943 bits per heavy atom. The summed E-state index contributed by atoms with van der Waals surface area (Å²) in [7, 11) is 0. The standard InChI is InChI=1S/C24H34O11/c1-2-3-7-10-30-23-18(28)16(26)20(14(11-25)32-23)35-24-19(29)17(27)21-15(33-24)12-31-22(34-21)13-8-5-4-6-9-13/h2,4-6,8-9,14-29H,1,3,7,10-12H2/t14-,15+,16-,17+,18-,19+,20-,21-,22?,23-,24-/m0/s1. The van der Waals surface area contributed by atoms with Gasteiger partial charge < -0.3 is 54.0 Å². The fourth-order valence-electron chi connectivity index (χ4n) is 4.41. The molecule has 1 aromatic rings. The molecule has 0 aliphatic carbocycles. The lowest BCUT2D eigenvalue weighted by Gasteiger charge is -2.48. The quantitative estimate of drug-likeness (QED) is 0.218. The second-order valence-electron chi connectivity index (χ2n) is 8.81. The van der Waals surface area contributed by atoms with Crippen LogP contribution in [0.4, 0.5) is 0 Å². The lowest BCUT2D eigenvalue weighted by Crippen LogP contribution is -2.65. The molecule has 11 nitrogen and oxygen atoms in total. The number of ether oxygens (including phenoxy) is 6. The summed E-state index contributed by atoms with van der Waals surface area (Å²) < 4.78 is 34.2. The Morgan fingerprint density at radius 3 is 2.40 bits per heavy atom. The summed E-state index contributed by atoms with van der Waals surface area (Å²) in [6, 6.07) is 9.17. The van der Waals surface area contributed by atoms with Gasteiger partial charge in [0.05, 0.1) is 19.8 Å². The molecule has 0 spiro atoms. The van der Waals surface area contributed by atoms with Gasteiger partial charge in [0.1, 0.15) is 48.8 Å². The Kier molecular flexibility index (Phi) is 9.24. The molecule has 0 radical (unpaired) electrons. The normalized spacial score (nSPS) is 41.8. The van der Waals surface area contributed by atoms with Crippen LogP contribution in [0.2, 0.25) is 0 Å². The van der Waals surface area contributed by atoms with Gasteiger partial charge in [-0.2, -0.15) is 0 Å². The molecule has 35 heavy (non-hydrogen) atoms. The van der Waals surface area contributed by atoms with E-state index in [1.807, 2.05) is 30.3 Å². The number of fused-ring (bicyclic) bond motifs is 1. The zero-order valence-electron chi connectivity index (χ0n) is 19.2. The van der Waals surface area contributed by atoms with Gasteiger partial charge in [-0.05, 0) is 12.8 Å². The lowest BCUT2D eigenvalue weighted by atomic mass is 9.96. The van der Waals surface area contributed by atoms with E-state index in [0.29, 0.717) is 12.8 Å². The molecule has 0 amide bonds.